The van der Waals surface area contributed by atoms with E-state index in [9.17, 15) is 0 Å². The van der Waals surface area contributed by atoms with Crippen molar-refractivity contribution in [1.29, 1.82) is 0 Å². The van der Waals surface area contributed by atoms with Gasteiger partial charge in [0.25, 0.3) is 0 Å². The lowest BCUT2D eigenvalue weighted by molar-refractivity contribution is 0.107. The summed E-state index contributed by atoms with van der Waals surface area (Å²) in [7, 11) is 0. The van der Waals surface area contributed by atoms with Gasteiger partial charge in [-0.2, -0.15) is 0 Å². The van der Waals surface area contributed by atoms with E-state index in [0.717, 1.165) is 35.5 Å². The summed E-state index contributed by atoms with van der Waals surface area (Å²) >= 11 is 0. The highest BCUT2D eigenvalue weighted by Crippen LogP contribution is 2.64. The second-order valence-corrected chi connectivity index (χ2v) is 6.85. The molecule has 5 aliphatic rings. The molecule has 16 heavy (non-hydrogen) atoms. The van der Waals surface area contributed by atoms with Gasteiger partial charge in [0.05, 0.1) is 12.2 Å². The van der Waals surface area contributed by atoms with Gasteiger partial charge in [0.15, 0.2) is 0 Å². The quantitative estimate of drug-likeness (QED) is 0.448. The Morgan fingerprint density at radius 1 is 1.00 bits per heavy atom. The standard InChI is InChI=1S/C15H20O/c1-2-8-7-13-15(16-13)14-11(10(8)3-1)5-4-9-6-12(9)14/h1,3,8-15H,2,4-7H2. The molecule has 3 saturated carbocycles. The summed E-state index contributed by atoms with van der Waals surface area (Å²) in [6.45, 7) is 0. The van der Waals surface area contributed by atoms with E-state index in [-0.39, 0.29) is 0 Å². The second kappa shape index (κ2) is 2.75. The maximum Gasteiger partial charge on any atom is 0.0875 e. The van der Waals surface area contributed by atoms with Crippen LogP contribution in [0.2, 0.25) is 0 Å². The number of hydrogen-bond acceptors (Lipinski definition) is 1. The largest absolute Gasteiger partial charge is 0.369 e. The van der Waals surface area contributed by atoms with Gasteiger partial charge in [-0.1, -0.05) is 12.2 Å². The lowest BCUT2D eigenvalue weighted by atomic mass is 9.70. The second-order valence-electron chi connectivity index (χ2n) is 6.85. The highest BCUT2D eigenvalue weighted by molar-refractivity contribution is 5.16. The van der Waals surface area contributed by atoms with Crippen molar-refractivity contribution in [3.05, 3.63) is 12.2 Å². The van der Waals surface area contributed by atoms with Crippen LogP contribution in [0.15, 0.2) is 12.2 Å². The van der Waals surface area contributed by atoms with E-state index in [1.54, 1.807) is 0 Å². The van der Waals surface area contributed by atoms with Gasteiger partial charge in [0.1, 0.15) is 0 Å². The zero-order valence-electron chi connectivity index (χ0n) is 9.72. The van der Waals surface area contributed by atoms with Gasteiger partial charge in [-0.05, 0) is 67.6 Å². The van der Waals surface area contributed by atoms with Crippen LogP contribution in [0.4, 0.5) is 0 Å². The summed E-state index contributed by atoms with van der Waals surface area (Å²) < 4.78 is 6.00. The molecule has 5 rings (SSSR count). The first-order valence-electron chi connectivity index (χ1n) is 7.24. The Morgan fingerprint density at radius 3 is 3.00 bits per heavy atom. The first-order valence-corrected chi connectivity index (χ1v) is 7.24. The van der Waals surface area contributed by atoms with Crippen LogP contribution >= 0.6 is 0 Å². The van der Waals surface area contributed by atoms with E-state index >= 15 is 0 Å². The molecule has 1 heterocycles. The number of fused-ring (bicyclic) bond motifs is 7. The van der Waals surface area contributed by atoms with Crippen LogP contribution in [0.25, 0.3) is 0 Å². The molecule has 1 aliphatic heterocycles. The Labute approximate surface area is 97.2 Å². The maximum absolute atomic E-state index is 6.00. The molecule has 4 aliphatic carbocycles. The van der Waals surface area contributed by atoms with E-state index < -0.39 is 0 Å². The lowest BCUT2D eigenvalue weighted by Crippen LogP contribution is -2.32. The van der Waals surface area contributed by atoms with Gasteiger partial charge in [-0.3, -0.25) is 0 Å². The monoisotopic (exact) mass is 216 g/mol. The predicted molar refractivity (Wildman–Crippen MR) is 61.8 cm³/mol. The molecule has 0 aromatic carbocycles. The Hall–Kier alpha value is -0.300. The van der Waals surface area contributed by atoms with Crippen molar-refractivity contribution < 1.29 is 4.74 Å². The molecule has 1 nitrogen and oxygen atoms in total. The molecule has 4 fully saturated rings. The molecule has 0 spiro atoms. The minimum absolute atomic E-state index is 0.668. The maximum atomic E-state index is 6.00. The van der Waals surface area contributed by atoms with Crippen LogP contribution in [0.1, 0.15) is 32.1 Å². The van der Waals surface area contributed by atoms with Crippen LogP contribution in [-0.4, -0.2) is 12.2 Å². The highest BCUT2D eigenvalue weighted by Gasteiger charge is 2.62. The van der Waals surface area contributed by atoms with Crippen LogP contribution < -0.4 is 0 Å². The van der Waals surface area contributed by atoms with Gasteiger partial charge < -0.3 is 4.74 Å². The third-order valence-electron chi connectivity index (χ3n) is 6.21. The summed E-state index contributed by atoms with van der Waals surface area (Å²) in [5.74, 6) is 6.00. The van der Waals surface area contributed by atoms with E-state index in [1.807, 2.05) is 0 Å². The van der Waals surface area contributed by atoms with Crippen LogP contribution in [0.3, 0.4) is 0 Å². The zero-order valence-corrected chi connectivity index (χ0v) is 9.72. The number of rotatable bonds is 0. The molecular weight excluding hydrogens is 196 g/mol. The van der Waals surface area contributed by atoms with Gasteiger partial charge in [-0.25, -0.2) is 0 Å². The Morgan fingerprint density at radius 2 is 2.00 bits per heavy atom. The zero-order chi connectivity index (χ0) is 10.3. The molecule has 8 unspecified atom stereocenters. The summed E-state index contributed by atoms with van der Waals surface area (Å²) in [6, 6.07) is 0. The molecule has 0 N–H and O–H groups in total. The number of epoxide rings is 1. The van der Waals surface area contributed by atoms with E-state index in [2.05, 4.69) is 12.2 Å². The van der Waals surface area contributed by atoms with Crippen LogP contribution in [0, 0.1) is 35.5 Å². The molecule has 0 aromatic rings. The molecule has 0 amide bonds. The Kier molecular flexibility index (Phi) is 1.50. The van der Waals surface area contributed by atoms with E-state index in [4.69, 9.17) is 4.74 Å². The summed E-state index contributed by atoms with van der Waals surface area (Å²) in [5.41, 5.74) is 0. The lowest BCUT2D eigenvalue weighted by Gasteiger charge is -2.35. The summed E-state index contributed by atoms with van der Waals surface area (Å²) in [5, 5.41) is 0. The SMILES string of the molecule is C1=CC2C(C1)CC1OC1C1C3CC3CCC21. The Bertz CT molecular complexity index is 360. The number of hydrogen-bond donors (Lipinski definition) is 0. The molecule has 1 heteroatoms. The molecule has 0 radical (unpaired) electrons. The van der Waals surface area contributed by atoms with Gasteiger partial charge >= 0.3 is 0 Å². The first kappa shape index (κ1) is 8.74. The normalized spacial score (nSPS) is 65.0. The fourth-order valence-corrected chi connectivity index (χ4v) is 5.38. The third kappa shape index (κ3) is 1.01. The fraction of sp³-hybridized carbons (Fsp3) is 0.867. The summed E-state index contributed by atoms with van der Waals surface area (Å²) in [4.78, 5) is 0. The number of ether oxygens (including phenoxy) is 1. The molecular formula is C15H20O. The smallest absolute Gasteiger partial charge is 0.0875 e. The molecule has 8 atom stereocenters. The average molecular weight is 216 g/mol. The van der Waals surface area contributed by atoms with E-state index in [1.165, 1.54) is 32.1 Å². The first-order chi connectivity index (χ1) is 7.92. The fourth-order valence-electron chi connectivity index (χ4n) is 5.38. The van der Waals surface area contributed by atoms with Crippen molar-refractivity contribution in [2.45, 2.75) is 44.3 Å². The average Bonchev–Trinajstić information content (AvgIpc) is 3.15. The van der Waals surface area contributed by atoms with Crippen LogP contribution in [-0.2, 0) is 4.74 Å². The van der Waals surface area contributed by atoms with E-state index in [0.29, 0.717) is 12.2 Å². The minimum atomic E-state index is 0.668. The molecule has 0 aromatic heterocycles. The third-order valence-corrected chi connectivity index (χ3v) is 6.21. The minimum Gasteiger partial charge on any atom is -0.369 e. The number of allylic oxidation sites excluding steroid dienone is 2. The van der Waals surface area contributed by atoms with Crippen molar-refractivity contribution in [1.82, 2.24) is 0 Å². The van der Waals surface area contributed by atoms with Crippen molar-refractivity contribution in [3.63, 3.8) is 0 Å². The highest BCUT2D eigenvalue weighted by atomic mass is 16.6. The van der Waals surface area contributed by atoms with Gasteiger partial charge in [0.2, 0.25) is 0 Å². The van der Waals surface area contributed by atoms with Crippen molar-refractivity contribution >= 4 is 0 Å². The van der Waals surface area contributed by atoms with Gasteiger partial charge in [-0.15, -0.1) is 0 Å². The molecule has 1 saturated heterocycles. The van der Waals surface area contributed by atoms with Gasteiger partial charge in [0, 0.05) is 0 Å². The van der Waals surface area contributed by atoms with Crippen molar-refractivity contribution in [3.8, 4) is 0 Å². The summed E-state index contributed by atoms with van der Waals surface area (Å²) in [6.07, 6.45) is 13.7. The Balaban J connectivity index is 1.55. The van der Waals surface area contributed by atoms with Crippen molar-refractivity contribution in [2.75, 3.05) is 0 Å². The van der Waals surface area contributed by atoms with Crippen LogP contribution in [0.5, 0.6) is 0 Å². The molecule has 86 valence electrons. The topological polar surface area (TPSA) is 12.5 Å². The van der Waals surface area contributed by atoms with Crippen molar-refractivity contribution in [2.24, 2.45) is 35.5 Å². The molecule has 0 bridgehead atoms. The predicted octanol–water partition coefficient (Wildman–Crippen LogP) is 3.01.